The molecule has 2 aromatic heterocycles. The molecule has 0 atom stereocenters. The Morgan fingerprint density at radius 1 is 1.00 bits per heavy atom. The highest BCUT2D eigenvalue weighted by atomic mass is 19.4. The Hall–Kier alpha value is -4.14. The SMILES string of the molecule is CCn1cc(C(=O)NCCc2ccc(C(=O)O)cc2)c2c(Cc3ccc(C(F)(F)F)cc3)ccnc21. The number of carboxylic acid groups (broad SMARTS) is 1. The molecule has 0 unspecified atom stereocenters. The van der Waals surface area contributed by atoms with Gasteiger partial charge in [0.2, 0.25) is 0 Å². The first-order valence-corrected chi connectivity index (χ1v) is 11.4. The van der Waals surface area contributed by atoms with Crippen LogP contribution in [-0.2, 0) is 25.6 Å². The summed E-state index contributed by atoms with van der Waals surface area (Å²) in [6.07, 6.45) is -0.151. The van der Waals surface area contributed by atoms with E-state index in [0.29, 0.717) is 48.1 Å². The van der Waals surface area contributed by atoms with Gasteiger partial charge in [0.25, 0.3) is 5.91 Å². The van der Waals surface area contributed by atoms with E-state index in [2.05, 4.69) is 10.3 Å². The molecule has 0 aliphatic heterocycles. The average Bonchev–Trinajstić information content (AvgIpc) is 3.24. The normalized spacial score (nSPS) is 11.6. The molecule has 2 aromatic carbocycles. The van der Waals surface area contributed by atoms with Crippen LogP contribution in [0.15, 0.2) is 67.0 Å². The van der Waals surface area contributed by atoms with Gasteiger partial charge in [-0.25, -0.2) is 9.78 Å². The molecule has 186 valence electrons. The fourth-order valence-corrected chi connectivity index (χ4v) is 4.10. The molecule has 2 heterocycles. The lowest BCUT2D eigenvalue weighted by Crippen LogP contribution is -2.25. The molecule has 0 spiro atoms. The number of pyridine rings is 1. The topological polar surface area (TPSA) is 84.2 Å². The summed E-state index contributed by atoms with van der Waals surface area (Å²) in [5.41, 5.74) is 2.95. The summed E-state index contributed by atoms with van der Waals surface area (Å²) in [5, 5.41) is 12.6. The molecule has 0 aliphatic rings. The van der Waals surface area contributed by atoms with E-state index in [1.54, 1.807) is 30.6 Å². The fourth-order valence-electron chi connectivity index (χ4n) is 4.10. The van der Waals surface area contributed by atoms with Crippen LogP contribution in [0, 0.1) is 0 Å². The molecule has 0 radical (unpaired) electrons. The van der Waals surface area contributed by atoms with Crippen LogP contribution in [0.3, 0.4) is 0 Å². The monoisotopic (exact) mass is 495 g/mol. The third-order valence-electron chi connectivity index (χ3n) is 6.00. The molecule has 0 fully saturated rings. The van der Waals surface area contributed by atoms with Crippen molar-refractivity contribution in [2.24, 2.45) is 0 Å². The smallest absolute Gasteiger partial charge is 0.416 e. The maximum Gasteiger partial charge on any atom is 0.416 e. The van der Waals surface area contributed by atoms with Crippen molar-refractivity contribution in [3.63, 3.8) is 0 Å². The van der Waals surface area contributed by atoms with Gasteiger partial charge in [-0.2, -0.15) is 13.2 Å². The number of halogens is 3. The van der Waals surface area contributed by atoms with Gasteiger partial charge in [-0.15, -0.1) is 0 Å². The predicted molar refractivity (Wildman–Crippen MR) is 129 cm³/mol. The number of benzene rings is 2. The van der Waals surface area contributed by atoms with Gasteiger partial charge in [0.15, 0.2) is 0 Å². The van der Waals surface area contributed by atoms with E-state index >= 15 is 0 Å². The van der Waals surface area contributed by atoms with Gasteiger partial charge in [-0.1, -0.05) is 24.3 Å². The first kappa shape index (κ1) is 25.0. The lowest BCUT2D eigenvalue weighted by molar-refractivity contribution is -0.137. The highest BCUT2D eigenvalue weighted by Gasteiger charge is 2.30. The summed E-state index contributed by atoms with van der Waals surface area (Å²) in [7, 11) is 0. The van der Waals surface area contributed by atoms with Crippen molar-refractivity contribution in [2.45, 2.75) is 32.5 Å². The van der Waals surface area contributed by atoms with Gasteiger partial charge in [0.1, 0.15) is 5.65 Å². The second kappa shape index (κ2) is 10.2. The van der Waals surface area contributed by atoms with Gasteiger partial charge in [0.05, 0.1) is 16.7 Å². The minimum absolute atomic E-state index is 0.197. The van der Waals surface area contributed by atoms with E-state index in [9.17, 15) is 22.8 Å². The fraction of sp³-hybridized carbons (Fsp3) is 0.222. The average molecular weight is 496 g/mol. The second-order valence-corrected chi connectivity index (χ2v) is 8.38. The zero-order valence-electron chi connectivity index (χ0n) is 19.5. The number of aromatic carboxylic acids is 1. The van der Waals surface area contributed by atoms with Crippen LogP contribution in [0.2, 0.25) is 0 Å². The Kier molecular flexibility index (Phi) is 7.10. The van der Waals surface area contributed by atoms with E-state index < -0.39 is 17.7 Å². The van der Waals surface area contributed by atoms with Crippen molar-refractivity contribution >= 4 is 22.9 Å². The van der Waals surface area contributed by atoms with Crippen LogP contribution in [0.25, 0.3) is 11.0 Å². The molecule has 6 nitrogen and oxygen atoms in total. The van der Waals surface area contributed by atoms with Gasteiger partial charge in [0, 0.05) is 30.9 Å². The van der Waals surface area contributed by atoms with Crippen molar-refractivity contribution in [3.05, 3.63) is 100 Å². The number of rotatable bonds is 8. The molecule has 9 heteroatoms. The molecule has 4 rings (SSSR count). The molecule has 1 amide bonds. The van der Waals surface area contributed by atoms with Crippen molar-refractivity contribution in [1.82, 2.24) is 14.9 Å². The summed E-state index contributed by atoms with van der Waals surface area (Å²) in [4.78, 5) is 28.6. The number of carbonyl (C=O) groups is 2. The summed E-state index contributed by atoms with van der Waals surface area (Å²) in [6.45, 7) is 2.88. The Morgan fingerprint density at radius 3 is 2.28 bits per heavy atom. The number of aryl methyl sites for hydroxylation is 1. The van der Waals surface area contributed by atoms with Crippen molar-refractivity contribution in [1.29, 1.82) is 0 Å². The van der Waals surface area contributed by atoms with E-state index in [1.165, 1.54) is 24.3 Å². The number of hydrogen-bond donors (Lipinski definition) is 2. The van der Waals surface area contributed by atoms with Crippen LogP contribution in [0.4, 0.5) is 13.2 Å². The maximum atomic E-state index is 13.1. The quantitative estimate of drug-likeness (QED) is 0.346. The number of fused-ring (bicyclic) bond motifs is 1. The van der Waals surface area contributed by atoms with E-state index in [0.717, 1.165) is 23.3 Å². The summed E-state index contributed by atoms with van der Waals surface area (Å²) in [5.74, 6) is -1.28. The summed E-state index contributed by atoms with van der Waals surface area (Å²) < 4.78 is 40.6. The molecular weight excluding hydrogens is 471 g/mol. The Morgan fingerprint density at radius 2 is 1.67 bits per heavy atom. The molecule has 4 aromatic rings. The summed E-state index contributed by atoms with van der Waals surface area (Å²) in [6, 6.07) is 13.3. The largest absolute Gasteiger partial charge is 0.478 e. The first-order chi connectivity index (χ1) is 17.2. The number of hydrogen-bond acceptors (Lipinski definition) is 3. The Balaban J connectivity index is 1.55. The second-order valence-electron chi connectivity index (χ2n) is 8.38. The predicted octanol–water partition coefficient (Wildman–Crippen LogP) is 5.34. The van der Waals surface area contributed by atoms with Gasteiger partial charge < -0.3 is 15.0 Å². The first-order valence-electron chi connectivity index (χ1n) is 11.4. The molecule has 36 heavy (non-hydrogen) atoms. The lowest BCUT2D eigenvalue weighted by atomic mass is 10.00. The third-order valence-corrected chi connectivity index (χ3v) is 6.00. The number of carbonyl (C=O) groups excluding carboxylic acids is 1. The highest BCUT2D eigenvalue weighted by Crippen LogP contribution is 2.30. The van der Waals surface area contributed by atoms with Crippen molar-refractivity contribution in [2.75, 3.05) is 6.54 Å². The van der Waals surface area contributed by atoms with Crippen LogP contribution in [0.1, 0.15) is 49.9 Å². The zero-order valence-corrected chi connectivity index (χ0v) is 19.5. The number of nitrogens with zero attached hydrogens (tertiary/aromatic N) is 2. The van der Waals surface area contributed by atoms with Crippen LogP contribution in [-0.4, -0.2) is 33.1 Å². The van der Waals surface area contributed by atoms with E-state index in [1.807, 2.05) is 11.5 Å². The molecule has 0 saturated carbocycles. The van der Waals surface area contributed by atoms with Crippen LogP contribution in [0.5, 0.6) is 0 Å². The van der Waals surface area contributed by atoms with Crippen LogP contribution < -0.4 is 5.32 Å². The lowest BCUT2D eigenvalue weighted by Gasteiger charge is -2.10. The van der Waals surface area contributed by atoms with Gasteiger partial charge in [-0.05, 0) is 66.8 Å². The standard InChI is InChI=1S/C27H24F3N3O3/c1-2-33-16-22(25(34)32-13-11-17-3-7-19(8-4-17)26(35)36)23-20(12-14-31-24(23)33)15-18-5-9-21(10-6-18)27(28,29)30/h3-10,12,14,16H,2,11,13,15H2,1H3,(H,32,34)(H,35,36). The third kappa shape index (κ3) is 5.40. The maximum absolute atomic E-state index is 13.1. The molecular formula is C27H24F3N3O3. The minimum atomic E-state index is -4.40. The van der Waals surface area contributed by atoms with Gasteiger partial charge in [-0.3, -0.25) is 4.79 Å². The Bertz CT molecular complexity index is 1390. The van der Waals surface area contributed by atoms with Crippen molar-refractivity contribution in [3.8, 4) is 0 Å². The zero-order chi connectivity index (χ0) is 25.9. The number of nitrogens with one attached hydrogen (secondary N) is 1. The highest BCUT2D eigenvalue weighted by molar-refractivity contribution is 6.07. The number of aromatic nitrogens is 2. The molecule has 0 saturated heterocycles. The number of alkyl halides is 3. The summed E-state index contributed by atoms with van der Waals surface area (Å²) >= 11 is 0. The molecule has 0 aliphatic carbocycles. The van der Waals surface area contributed by atoms with E-state index in [4.69, 9.17) is 5.11 Å². The molecule has 0 bridgehead atoms. The van der Waals surface area contributed by atoms with Crippen molar-refractivity contribution < 1.29 is 27.9 Å². The van der Waals surface area contributed by atoms with Crippen LogP contribution >= 0.6 is 0 Å². The Labute approximate surface area is 205 Å². The minimum Gasteiger partial charge on any atom is -0.478 e. The number of carboxylic acids is 1. The number of amides is 1. The van der Waals surface area contributed by atoms with E-state index in [-0.39, 0.29) is 11.5 Å². The van der Waals surface area contributed by atoms with Gasteiger partial charge >= 0.3 is 12.1 Å². The molecule has 2 N–H and O–H groups in total.